The van der Waals surface area contributed by atoms with Crippen LogP contribution in [0.2, 0.25) is 0 Å². The van der Waals surface area contributed by atoms with Crippen LogP contribution in [0.3, 0.4) is 0 Å². The number of nitrogens with zero attached hydrogens (tertiary/aromatic N) is 4. The molecule has 126 valence electrons. The van der Waals surface area contributed by atoms with Crippen LogP contribution in [0.5, 0.6) is 0 Å². The molecule has 2 N–H and O–H groups in total. The lowest BCUT2D eigenvalue weighted by atomic mass is 10.2. The van der Waals surface area contributed by atoms with Crippen molar-refractivity contribution in [2.75, 3.05) is 17.7 Å². The highest BCUT2D eigenvalue weighted by atomic mass is 16.3. The van der Waals surface area contributed by atoms with Gasteiger partial charge < -0.3 is 10.6 Å². The predicted molar refractivity (Wildman–Crippen MR) is 96.6 cm³/mol. The number of fused-ring (bicyclic) bond motifs is 1. The molecular formula is C17H16N6O2. The van der Waals surface area contributed by atoms with Gasteiger partial charge in [0.05, 0.1) is 10.8 Å². The molecule has 1 aromatic heterocycles. The van der Waals surface area contributed by atoms with Gasteiger partial charge in [-0.25, -0.2) is 14.8 Å². The van der Waals surface area contributed by atoms with Crippen molar-refractivity contribution in [2.24, 2.45) is 5.29 Å². The van der Waals surface area contributed by atoms with Crippen LogP contribution in [0.1, 0.15) is 5.56 Å². The van der Waals surface area contributed by atoms with E-state index in [0.29, 0.717) is 16.5 Å². The summed E-state index contributed by atoms with van der Waals surface area (Å²) in [6.07, 6.45) is 1.48. The molecular weight excluding hydrogens is 320 g/mol. The normalized spacial score (nSPS) is 10.3. The molecule has 8 nitrogen and oxygen atoms in total. The maximum atomic E-state index is 11.8. The molecule has 2 aromatic carbocycles. The first-order chi connectivity index (χ1) is 12.1. The Hall–Kier alpha value is -3.55. The SMILES string of the molecule is Cc1cccc(Nc2ncnc3ccc(NC(=O)N(C)N=O)cc23)c1. The molecule has 0 spiro atoms. The number of carbonyl (C=O) groups excluding carboxylic acids is 1. The van der Waals surface area contributed by atoms with Gasteiger partial charge in [-0.2, -0.15) is 5.01 Å². The van der Waals surface area contributed by atoms with Crippen molar-refractivity contribution < 1.29 is 4.79 Å². The fourth-order valence-corrected chi connectivity index (χ4v) is 2.33. The summed E-state index contributed by atoms with van der Waals surface area (Å²) in [4.78, 5) is 30.7. The van der Waals surface area contributed by atoms with E-state index >= 15 is 0 Å². The Morgan fingerprint density at radius 3 is 2.72 bits per heavy atom. The molecule has 3 aromatic rings. The van der Waals surface area contributed by atoms with Crippen molar-refractivity contribution in [1.82, 2.24) is 15.0 Å². The number of hydrogen-bond donors (Lipinski definition) is 2. The quantitative estimate of drug-likeness (QED) is 0.557. The summed E-state index contributed by atoms with van der Waals surface area (Å²) in [7, 11) is 1.28. The average Bonchev–Trinajstić information content (AvgIpc) is 2.61. The van der Waals surface area contributed by atoms with E-state index in [9.17, 15) is 9.70 Å². The van der Waals surface area contributed by atoms with Crippen molar-refractivity contribution in [1.29, 1.82) is 0 Å². The molecule has 0 aliphatic heterocycles. The van der Waals surface area contributed by atoms with E-state index in [1.807, 2.05) is 31.2 Å². The second-order valence-corrected chi connectivity index (χ2v) is 5.48. The van der Waals surface area contributed by atoms with Crippen LogP contribution < -0.4 is 10.6 Å². The third kappa shape index (κ3) is 3.69. The summed E-state index contributed by atoms with van der Waals surface area (Å²) < 4.78 is 0. The van der Waals surface area contributed by atoms with Gasteiger partial charge in [0.25, 0.3) is 0 Å². The fourth-order valence-electron chi connectivity index (χ4n) is 2.33. The molecule has 0 aliphatic rings. The predicted octanol–water partition coefficient (Wildman–Crippen LogP) is 3.83. The Kier molecular flexibility index (Phi) is 4.51. The summed E-state index contributed by atoms with van der Waals surface area (Å²) in [5.41, 5.74) is 3.26. The number of benzene rings is 2. The van der Waals surface area contributed by atoms with Gasteiger partial charge in [0.1, 0.15) is 12.1 Å². The summed E-state index contributed by atoms with van der Waals surface area (Å²) in [5, 5.41) is 9.83. The molecule has 25 heavy (non-hydrogen) atoms. The number of carbonyl (C=O) groups is 1. The first kappa shape index (κ1) is 16.3. The molecule has 8 heteroatoms. The summed E-state index contributed by atoms with van der Waals surface area (Å²) in [5.74, 6) is 0.619. The van der Waals surface area contributed by atoms with Gasteiger partial charge in [-0.1, -0.05) is 12.1 Å². The molecule has 0 aliphatic carbocycles. The smallest absolute Gasteiger partial charge is 0.340 e. The number of rotatable bonds is 4. The number of amides is 2. The Morgan fingerprint density at radius 1 is 1.12 bits per heavy atom. The standard InChI is InChI=1S/C17H16N6O2/c1-11-4-3-5-12(8-11)20-16-14-9-13(21-17(24)23(2)22-25)6-7-15(14)18-10-19-16/h3-10H,1-2H3,(H,21,24)(H,18,19,20). The molecule has 3 rings (SSSR count). The summed E-state index contributed by atoms with van der Waals surface area (Å²) in [6.45, 7) is 2.01. The van der Waals surface area contributed by atoms with Crippen molar-refractivity contribution in [3.05, 3.63) is 59.3 Å². The zero-order valence-corrected chi connectivity index (χ0v) is 13.7. The van der Waals surface area contributed by atoms with Crippen molar-refractivity contribution >= 4 is 34.1 Å². The molecule has 0 bridgehead atoms. The van der Waals surface area contributed by atoms with E-state index in [4.69, 9.17) is 0 Å². The van der Waals surface area contributed by atoms with Crippen LogP contribution in [0.4, 0.5) is 22.0 Å². The van der Waals surface area contributed by atoms with Crippen LogP contribution in [-0.2, 0) is 0 Å². The van der Waals surface area contributed by atoms with Crippen LogP contribution in [0.25, 0.3) is 10.9 Å². The Labute approximate surface area is 143 Å². The van der Waals surface area contributed by atoms with Gasteiger partial charge in [0, 0.05) is 23.8 Å². The summed E-state index contributed by atoms with van der Waals surface area (Å²) >= 11 is 0. The fraction of sp³-hybridized carbons (Fsp3) is 0.118. The second-order valence-electron chi connectivity index (χ2n) is 5.48. The number of hydrogen-bond acceptors (Lipinski definition) is 6. The molecule has 0 atom stereocenters. The minimum atomic E-state index is -0.626. The highest BCUT2D eigenvalue weighted by Gasteiger charge is 2.11. The van der Waals surface area contributed by atoms with Gasteiger partial charge in [-0.3, -0.25) is 0 Å². The van der Waals surface area contributed by atoms with Crippen LogP contribution >= 0.6 is 0 Å². The molecule has 0 radical (unpaired) electrons. The minimum absolute atomic E-state index is 0.509. The van der Waals surface area contributed by atoms with E-state index in [1.54, 1.807) is 18.2 Å². The minimum Gasteiger partial charge on any atom is -0.340 e. The van der Waals surface area contributed by atoms with Gasteiger partial charge in [-0.05, 0) is 42.8 Å². The largest absolute Gasteiger partial charge is 0.344 e. The number of nitrogens with one attached hydrogen (secondary N) is 2. The van der Waals surface area contributed by atoms with Crippen molar-refractivity contribution in [2.45, 2.75) is 6.92 Å². The molecule has 0 saturated heterocycles. The highest BCUT2D eigenvalue weighted by molar-refractivity contribution is 5.96. The van der Waals surface area contributed by atoms with E-state index in [-0.39, 0.29) is 0 Å². The lowest BCUT2D eigenvalue weighted by molar-refractivity contribution is 0.224. The number of anilines is 3. The van der Waals surface area contributed by atoms with E-state index in [0.717, 1.165) is 22.2 Å². The van der Waals surface area contributed by atoms with Gasteiger partial charge >= 0.3 is 6.03 Å². The number of aromatic nitrogens is 2. The first-order valence-corrected chi connectivity index (χ1v) is 7.53. The topological polar surface area (TPSA) is 99.6 Å². The van der Waals surface area contributed by atoms with E-state index in [2.05, 4.69) is 25.9 Å². The van der Waals surface area contributed by atoms with Crippen molar-refractivity contribution in [3.8, 4) is 0 Å². The maximum absolute atomic E-state index is 11.8. The Balaban J connectivity index is 1.94. The number of nitroso groups, excluding NO2 is 1. The van der Waals surface area contributed by atoms with Gasteiger partial charge in [-0.15, -0.1) is 4.91 Å². The summed E-state index contributed by atoms with van der Waals surface area (Å²) in [6, 6.07) is 12.5. The average molecular weight is 336 g/mol. The molecule has 2 amide bonds. The molecule has 0 fully saturated rings. The maximum Gasteiger partial charge on any atom is 0.344 e. The van der Waals surface area contributed by atoms with E-state index in [1.165, 1.54) is 13.4 Å². The van der Waals surface area contributed by atoms with Gasteiger partial charge in [0.2, 0.25) is 0 Å². The first-order valence-electron chi connectivity index (χ1n) is 7.53. The van der Waals surface area contributed by atoms with E-state index < -0.39 is 6.03 Å². The van der Waals surface area contributed by atoms with Crippen LogP contribution in [-0.4, -0.2) is 28.1 Å². The number of urea groups is 1. The Morgan fingerprint density at radius 2 is 1.96 bits per heavy atom. The van der Waals surface area contributed by atoms with Crippen LogP contribution in [0.15, 0.2) is 54.1 Å². The molecule has 0 unspecified atom stereocenters. The molecule has 0 saturated carbocycles. The highest BCUT2D eigenvalue weighted by Crippen LogP contribution is 2.26. The number of aryl methyl sites for hydroxylation is 1. The Bertz CT molecular complexity index is 943. The third-order valence-electron chi connectivity index (χ3n) is 3.58. The van der Waals surface area contributed by atoms with Crippen LogP contribution in [0, 0.1) is 11.8 Å². The third-order valence-corrected chi connectivity index (χ3v) is 3.58. The lowest BCUT2D eigenvalue weighted by Crippen LogP contribution is -2.26. The van der Waals surface area contributed by atoms with Gasteiger partial charge in [0.15, 0.2) is 0 Å². The zero-order valence-electron chi connectivity index (χ0n) is 13.7. The molecule has 1 heterocycles. The zero-order chi connectivity index (χ0) is 17.8. The monoisotopic (exact) mass is 336 g/mol. The second kappa shape index (κ2) is 6.91. The van der Waals surface area contributed by atoms with Crippen molar-refractivity contribution in [3.63, 3.8) is 0 Å². The lowest BCUT2D eigenvalue weighted by Gasteiger charge is -2.12.